The zero-order valence-corrected chi connectivity index (χ0v) is 24.5. The molecule has 3 aromatic carbocycles. The van der Waals surface area contributed by atoms with Gasteiger partial charge in [0.05, 0.1) is 23.3 Å². The lowest BCUT2D eigenvalue weighted by Crippen LogP contribution is -2.39. The standard InChI is InChI=1S/C31H32BrClN2O4/c1-31(14-4-3-5-15-31)30(38)34-19-21-8-12-26(33)24(16-21)29(37)35-23-11-13-28(39-2)25(18-23)27(36)17-20-6-9-22(32)10-7-20/h6-13,16,18H,3-5,14-15,17,19H2,1-2H3,(H,34,38)(H,35,37). The molecule has 0 atom stereocenters. The van der Waals surface area contributed by atoms with E-state index in [0.29, 0.717) is 28.6 Å². The van der Waals surface area contributed by atoms with E-state index in [1.165, 1.54) is 13.5 Å². The predicted octanol–water partition coefficient (Wildman–Crippen LogP) is 7.38. The highest BCUT2D eigenvalue weighted by Crippen LogP contribution is 2.36. The Bertz CT molecular complexity index is 1370. The maximum Gasteiger partial charge on any atom is 0.257 e. The first-order valence-electron chi connectivity index (χ1n) is 13.0. The van der Waals surface area contributed by atoms with Crippen molar-refractivity contribution in [2.75, 3.05) is 12.4 Å². The summed E-state index contributed by atoms with van der Waals surface area (Å²) < 4.78 is 6.34. The Morgan fingerprint density at radius 1 is 0.923 bits per heavy atom. The lowest BCUT2D eigenvalue weighted by Gasteiger charge is -2.32. The average molecular weight is 612 g/mol. The Labute approximate surface area is 242 Å². The van der Waals surface area contributed by atoms with Gasteiger partial charge in [-0.05, 0) is 66.4 Å². The summed E-state index contributed by atoms with van der Waals surface area (Å²) in [6.45, 7) is 2.33. The third-order valence-corrected chi connectivity index (χ3v) is 8.13. The minimum absolute atomic E-state index is 0.0433. The molecular formula is C31H32BrClN2O4. The summed E-state index contributed by atoms with van der Waals surface area (Å²) in [5.41, 5.74) is 2.40. The molecule has 0 bridgehead atoms. The van der Waals surface area contributed by atoms with Crippen LogP contribution >= 0.6 is 27.5 Å². The van der Waals surface area contributed by atoms with Gasteiger partial charge in [0.2, 0.25) is 5.91 Å². The second-order valence-corrected chi connectivity index (χ2v) is 11.5. The Hall–Kier alpha value is -3.16. The number of nitrogens with one attached hydrogen (secondary N) is 2. The van der Waals surface area contributed by atoms with Crippen LogP contribution in [0, 0.1) is 5.41 Å². The van der Waals surface area contributed by atoms with E-state index < -0.39 is 5.91 Å². The summed E-state index contributed by atoms with van der Waals surface area (Å²) in [4.78, 5) is 39.1. The fourth-order valence-corrected chi connectivity index (χ4v) is 5.36. The van der Waals surface area contributed by atoms with Gasteiger partial charge < -0.3 is 15.4 Å². The molecule has 1 aliphatic rings. The maximum absolute atomic E-state index is 13.2. The van der Waals surface area contributed by atoms with Crippen molar-refractivity contribution in [3.63, 3.8) is 0 Å². The average Bonchev–Trinajstić information content (AvgIpc) is 2.94. The van der Waals surface area contributed by atoms with Gasteiger partial charge in [-0.2, -0.15) is 0 Å². The predicted molar refractivity (Wildman–Crippen MR) is 158 cm³/mol. The van der Waals surface area contributed by atoms with Crippen molar-refractivity contribution in [3.05, 3.63) is 92.4 Å². The lowest BCUT2D eigenvalue weighted by atomic mass is 9.75. The molecule has 204 valence electrons. The number of rotatable bonds is 9. The highest BCUT2D eigenvalue weighted by atomic mass is 79.9. The number of carbonyl (C=O) groups is 3. The first-order chi connectivity index (χ1) is 18.7. The molecule has 8 heteroatoms. The molecule has 2 amide bonds. The number of anilines is 1. The third-order valence-electron chi connectivity index (χ3n) is 7.27. The van der Waals surface area contributed by atoms with E-state index in [1.807, 2.05) is 31.2 Å². The Morgan fingerprint density at radius 2 is 1.62 bits per heavy atom. The van der Waals surface area contributed by atoms with Crippen molar-refractivity contribution in [2.24, 2.45) is 5.41 Å². The van der Waals surface area contributed by atoms with Crippen LogP contribution < -0.4 is 15.4 Å². The molecular weight excluding hydrogens is 580 g/mol. The molecule has 0 radical (unpaired) electrons. The van der Waals surface area contributed by atoms with Crippen LogP contribution in [0.4, 0.5) is 5.69 Å². The van der Waals surface area contributed by atoms with Crippen LogP contribution in [0.25, 0.3) is 0 Å². The minimum atomic E-state index is -0.413. The fourth-order valence-electron chi connectivity index (χ4n) is 4.90. The zero-order valence-electron chi connectivity index (χ0n) is 22.1. The molecule has 0 unspecified atom stereocenters. The number of hydrogen-bond donors (Lipinski definition) is 2. The van der Waals surface area contributed by atoms with Crippen LogP contribution in [0.3, 0.4) is 0 Å². The number of methoxy groups -OCH3 is 1. The van der Waals surface area contributed by atoms with Crippen LogP contribution in [0.2, 0.25) is 5.02 Å². The molecule has 6 nitrogen and oxygen atoms in total. The van der Waals surface area contributed by atoms with E-state index >= 15 is 0 Å². The van der Waals surface area contributed by atoms with E-state index in [9.17, 15) is 14.4 Å². The van der Waals surface area contributed by atoms with Gasteiger partial charge in [0.1, 0.15) is 5.75 Å². The van der Waals surface area contributed by atoms with Crippen molar-refractivity contribution < 1.29 is 19.1 Å². The normalized spacial score (nSPS) is 14.4. The Balaban J connectivity index is 1.46. The van der Waals surface area contributed by atoms with Crippen LogP contribution in [-0.2, 0) is 17.8 Å². The molecule has 0 aliphatic heterocycles. The molecule has 3 aromatic rings. The summed E-state index contributed by atoms with van der Waals surface area (Å²) in [6, 6.07) is 17.6. The largest absolute Gasteiger partial charge is 0.496 e. The lowest BCUT2D eigenvalue weighted by molar-refractivity contribution is -0.132. The number of ketones is 1. The molecule has 1 fully saturated rings. The summed E-state index contributed by atoms with van der Waals surface area (Å²) in [7, 11) is 1.50. The highest BCUT2D eigenvalue weighted by Gasteiger charge is 2.34. The van der Waals surface area contributed by atoms with E-state index in [2.05, 4.69) is 26.6 Å². The van der Waals surface area contributed by atoms with Crippen LogP contribution in [-0.4, -0.2) is 24.7 Å². The topological polar surface area (TPSA) is 84.5 Å². The molecule has 0 spiro atoms. The molecule has 1 aliphatic carbocycles. The molecule has 1 saturated carbocycles. The fraction of sp³-hybridized carbons (Fsp3) is 0.323. The van der Waals surface area contributed by atoms with Gasteiger partial charge in [-0.1, -0.05) is 71.9 Å². The summed E-state index contributed by atoms with van der Waals surface area (Å²) in [5.74, 6) is -0.0733. The Kier molecular flexibility index (Phi) is 9.46. The molecule has 0 heterocycles. The van der Waals surface area contributed by atoms with Gasteiger partial charge in [0.25, 0.3) is 5.91 Å². The first kappa shape index (κ1) is 28.8. The van der Waals surface area contributed by atoms with Crippen molar-refractivity contribution in [1.29, 1.82) is 0 Å². The van der Waals surface area contributed by atoms with E-state index in [1.54, 1.807) is 36.4 Å². The van der Waals surface area contributed by atoms with Gasteiger partial charge in [0.15, 0.2) is 5.78 Å². The SMILES string of the molecule is COc1ccc(NC(=O)c2cc(CNC(=O)C3(C)CCCCC3)ccc2Cl)cc1C(=O)Cc1ccc(Br)cc1. The first-order valence-corrected chi connectivity index (χ1v) is 14.2. The monoisotopic (exact) mass is 610 g/mol. The van der Waals surface area contributed by atoms with Crippen LogP contribution in [0.15, 0.2) is 65.1 Å². The van der Waals surface area contributed by atoms with Gasteiger partial charge in [-0.25, -0.2) is 0 Å². The number of amides is 2. The molecule has 39 heavy (non-hydrogen) atoms. The third kappa shape index (κ3) is 7.28. The van der Waals surface area contributed by atoms with Crippen molar-refractivity contribution in [3.8, 4) is 5.75 Å². The van der Waals surface area contributed by atoms with Gasteiger partial charge >= 0.3 is 0 Å². The number of benzene rings is 3. The number of ether oxygens (including phenoxy) is 1. The van der Waals surface area contributed by atoms with Crippen molar-refractivity contribution >= 4 is 50.8 Å². The minimum Gasteiger partial charge on any atom is -0.496 e. The molecule has 4 rings (SSSR count). The van der Waals surface area contributed by atoms with E-state index in [0.717, 1.165) is 41.3 Å². The van der Waals surface area contributed by atoms with E-state index in [4.69, 9.17) is 16.3 Å². The molecule has 0 aromatic heterocycles. The second kappa shape index (κ2) is 12.8. The van der Waals surface area contributed by atoms with Crippen LogP contribution in [0.5, 0.6) is 5.75 Å². The quantitative estimate of drug-likeness (QED) is 0.247. The molecule has 0 saturated heterocycles. The van der Waals surface area contributed by atoms with Crippen molar-refractivity contribution in [1.82, 2.24) is 5.32 Å². The van der Waals surface area contributed by atoms with E-state index in [-0.39, 0.29) is 29.1 Å². The second-order valence-electron chi connectivity index (χ2n) is 10.2. The number of Topliss-reactive ketones (excluding diaryl/α,β-unsaturated/α-hetero) is 1. The van der Waals surface area contributed by atoms with Crippen molar-refractivity contribution in [2.45, 2.75) is 52.0 Å². The zero-order chi connectivity index (χ0) is 28.0. The number of hydrogen-bond acceptors (Lipinski definition) is 4. The Morgan fingerprint density at radius 3 is 2.31 bits per heavy atom. The maximum atomic E-state index is 13.2. The highest BCUT2D eigenvalue weighted by molar-refractivity contribution is 9.10. The smallest absolute Gasteiger partial charge is 0.257 e. The van der Waals surface area contributed by atoms with Gasteiger partial charge in [-0.15, -0.1) is 0 Å². The summed E-state index contributed by atoms with van der Waals surface area (Å²) in [5, 5.41) is 6.17. The summed E-state index contributed by atoms with van der Waals surface area (Å²) in [6.07, 6.45) is 5.29. The summed E-state index contributed by atoms with van der Waals surface area (Å²) >= 11 is 9.77. The van der Waals surface area contributed by atoms with Crippen LogP contribution in [0.1, 0.15) is 70.9 Å². The number of carbonyl (C=O) groups excluding carboxylic acids is 3. The van der Waals surface area contributed by atoms with Gasteiger partial charge in [0, 0.05) is 28.5 Å². The number of halogens is 2. The van der Waals surface area contributed by atoms with Gasteiger partial charge in [-0.3, -0.25) is 14.4 Å². The molecule has 2 N–H and O–H groups in total.